The van der Waals surface area contributed by atoms with Gasteiger partial charge >= 0.3 is 0 Å². The summed E-state index contributed by atoms with van der Waals surface area (Å²) < 4.78 is 28.6. The maximum atomic E-state index is 11.5. The Kier molecular flexibility index (Phi) is 5.11. The lowest BCUT2D eigenvalue weighted by Crippen LogP contribution is -2.10. The number of rotatable bonds is 1. The third-order valence-corrected chi connectivity index (χ3v) is 4.13. The number of benzene rings is 1. The molecule has 0 amide bonds. The van der Waals surface area contributed by atoms with Crippen molar-refractivity contribution in [3.63, 3.8) is 0 Å². The van der Waals surface area contributed by atoms with Gasteiger partial charge in [0.25, 0.3) is 9.05 Å². The first-order chi connectivity index (χ1) is 9.10. The molecular formula is C13H17Cl2NO3S. The summed E-state index contributed by atoms with van der Waals surface area (Å²) in [5.41, 5.74) is 0.185. The van der Waals surface area contributed by atoms with Gasteiger partial charge in [0.15, 0.2) is 5.58 Å². The molecule has 1 aromatic carbocycles. The lowest BCUT2D eigenvalue weighted by atomic mass is 9.97. The van der Waals surface area contributed by atoms with Crippen LogP contribution in [-0.4, -0.2) is 13.4 Å². The number of halogens is 2. The Morgan fingerprint density at radius 1 is 1.20 bits per heavy atom. The minimum absolute atomic E-state index is 0.0223. The third-order valence-electron chi connectivity index (χ3n) is 2.35. The van der Waals surface area contributed by atoms with Gasteiger partial charge in [-0.25, -0.2) is 13.4 Å². The Hall–Kier alpha value is -0.780. The van der Waals surface area contributed by atoms with E-state index in [2.05, 4.69) is 4.98 Å². The van der Waals surface area contributed by atoms with Crippen LogP contribution in [0.1, 0.15) is 40.5 Å². The average Bonchev–Trinajstić information content (AvgIpc) is 2.73. The van der Waals surface area contributed by atoms with Crippen LogP contribution in [0.4, 0.5) is 0 Å². The fourth-order valence-electron chi connectivity index (χ4n) is 1.49. The van der Waals surface area contributed by atoms with E-state index in [1.807, 2.05) is 34.6 Å². The van der Waals surface area contributed by atoms with E-state index < -0.39 is 9.05 Å². The standard InChI is InChI=1S/C11H11Cl2NO3S.C2H6/c1-11(2,3)10-14-7-5-4-6(12)9(8(7)17-10)18(13,15)16;1-2/h4-5H,1-3H3;1-2H3. The molecule has 1 heterocycles. The van der Waals surface area contributed by atoms with Crippen molar-refractivity contribution in [1.82, 2.24) is 4.98 Å². The fourth-order valence-corrected chi connectivity index (χ4v) is 3.19. The van der Waals surface area contributed by atoms with Gasteiger partial charge in [-0.05, 0) is 12.1 Å². The molecular weight excluding hydrogens is 321 g/mol. The Morgan fingerprint density at radius 3 is 2.20 bits per heavy atom. The predicted molar refractivity (Wildman–Crippen MR) is 82.1 cm³/mol. The Labute approximate surface area is 128 Å². The molecule has 0 unspecified atom stereocenters. The summed E-state index contributed by atoms with van der Waals surface area (Å²) >= 11 is 5.86. The van der Waals surface area contributed by atoms with Crippen molar-refractivity contribution in [3.8, 4) is 0 Å². The van der Waals surface area contributed by atoms with E-state index in [0.717, 1.165) is 0 Å². The van der Waals surface area contributed by atoms with Gasteiger partial charge in [-0.3, -0.25) is 0 Å². The van der Waals surface area contributed by atoms with Crippen molar-refractivity contribution in [3.05, 3.63) is 23.0 Å². The van der Waals surface area contributed by atoms with E-state index in [1.165, 1.54) is 6.07 Å². The second-order valence-corrected chi connectivity index (χ2v) is 7.84. The Morgan fingerprint density at radius 2 is 1.75 bits per heavy atom. The van der Waals surface area contributed by atoms with E-state index >= 15 is 0 Å². The molecule has 0 aliphatic rings. The van der Waals surface area contributed by atoms with Crippen LogP contribution >= 0.6 is 22.3 Å². The maximum Gasteiger partial charge on any atom is 0.266 e. The van der Waals surface area contributed by atoms with Gasteiger partial charge in [-0.1, -0.05) is 46.2 Å². The molecule has 0 atom stereocenters. The highest BCUT2D eigenvalue weighted by Gasteiger charge is 2.26. The largest absolute Gasteiger partial charge is 0.439 e. The highest BCUT2D eigenvalue weighted by Crippen LogP contribution is 2.35. The molecule has 2 aromatic rings. The summed E-state index contributed by atoms with van der Waals surface area (Å²) in [7, 11) is 1.38. The van der Waals surface area contributed by atoms with Gasteiger partial charge in [0.1, 0.15) is 10.4 Å². The minimum atomic E-state index is -3.99. The van der Waals surface area contributed by atoms with Crippen LogP contribution in [0, 0.1) is 0 Å². The number of nitrogens with zero attached hydrogens (tertiary/aromatic N) is 1. The molecule has 0 bridgehead atoms. The molecule has 2 rings (SSSR count). The summed E-state index contributed by atoms with van der Waals surface area (Å²) in [4.78, 5) is 4.02. The van der Waals surface area contributed by atoms with Crippen LogP contribution in [0.2, 0.25) is 5.02 Å². The van der Waals surface area contributed by atoms with Crippen molar-refractivity contribution >= 4 is 42.4 Å². The number of aromatic nitrogens is 1. The fraction of sp³-hybridized carbons (Fsp3) is 0.462. The van der Waals surface area contributed by atoms with Crippen LogP contribution in [0.25, 0.3) is 11.1 Å². The van der Waals surface area contributed by atoms with Crippen molar-refractivity contribution in [1.29, 1.82) is 0 Å². The molecule has 0 saturated heterocycles. The second kappa shape index (κ2) is 5.92. The molecule has 0 aliphatic carbocycles. The lowest BCUT2D eigenvalue weighted by Gasteiger charge is -2.11. The summed E-state index contributed by atoms with van der Waals surface area (Å²) in [6.45, 7) is 9.73. The van der Waals surface area contributed by atoms with E-state index in [4.69, 9.17) is 26.7 Å². The highest BCUT2D eigenvalue weighted by atomic mass is 35.7. The summed E-state index contributed by atoms with van der Waals surface area (Å²) in [6.07, 6.45) is 0. The zero-order chi connectivity index (χ0) is 15.7. The van der Waals surface area contributed by atoms with Crippen LogP contribution in [0.15, 0.2) is 21.4 Å². The molecule has 4 nitrogen and oxygen atoms in total. The van der Waals surface area contributed by atoms with E-state index in [0.29, 0.717) is 11.4 Å². The second-order valence-electron chi connectivity index (χ2n) is 4.93. The smallest absolute Gasteiger partial charge is 0.266 e. The SMILES string of the molecule is CC.CC(C)(C)c1nc2ccc(Cl)c(S(=O)(=O)Cl)c2o1. The Bertz CT molecular complexity index is 715. The minimum Gasteiger partial charge on any atom is -0.439 e. The first-order valence-electron chi connectivity index (χ1n) is 6.15. The quantitative estimate of drug-likeness (QED) is 0.705. The summed E-state index contributed by atoms with van der Waals surface area (Å²) in [6, 6.07) is 3.04. The van der Waals surface area contributed by atoms with Gasteiger partial charge in [-0.2, -0.15) is 0 Å². The number of fused-ring (bicyclic) bond motifs is 1. The molecule has 0 fully saturated rings. The van der Waals surface area contributed by atoms with Gasteiger partial charge in [0.05, 0.1) is 5.02 Å². The molecule has 1 aromatic heterocycles. The van der Waals surface area contributed by atoms with Crippen molar-refractivity contribution < 1.29 is 12.8 Å². The lowest BCUT2D eigenvalue weighted by molar-refractivity contribution is 0.408. The molecule has 0 radical (unpaired) electrons. The molecule has 112 valence electrons. The van der Waals surface area contributed by atoms with Crippen molar-refractivity contribution in [2.24, 2.45) is 0 Å². The van der Waals surface area contributed by atoms with Crippen LogP contribution < -0.4 is 0 Å². The molecule has 0 aliphatic heterocycles. The van der Waals surface area contributed by atoms with E-state index in [1.54, 1.807) is 6.07 Å². The van der Waals surface area contributed by atoms with Crippen molar-refractivity contribution in [2.75, 3.05) is 0 Å². The topological polar surface area (TPSA) is 60.2 Å². The highest BCUT2D eigenvalue weighted by molar-refractivity contribution is 8.14. The van der Waals surface area contributed by atoms with Crippen molar-refractivity contribution in [2.45, 2.75) is 44.9 Å². The third kappa shape index (κ3) is 3.45. The number of hydrogen-bond donors (Lipinski definition) is 0. The molecule has 20 heavy (non-hydrogen) atoms. The summed E-state index contributed by atoms with van der Waals surface area (Å²) in [5.74, 6) is 0.432. The molecule has 7 heteroatoms. The zero-order valence-corrected chi connectivity index (χ0v) is 14.3. The first-order valence-corrected chi connectivity index (χ1v) is 8.83. The normalized spacial score (nSPS) is 12.2. The number of oxazole rings is 1. The average molecular weight is 338 g/mol. The predicted octanol–water partition coefficient (Wildman–Crippen LogP) is 4.73. The molecule has 0 N–H and O–H groups in total. The van der Waals surface area contributed by atoms with Gasteiger partial charge in [-0.15, -0.1) is 0 Å². The zero-order valence-electron chi connectivity index (χ0n) is 12.0. The van der Waals surface area contributed by atoms with Crippen LogP contribution in [0.5, 0.6) is 0 Å². The summed E-state index contributed by atoms with van der Waals surface area (Å²) in [5, 5.41) is 0.0223. The Balaban J connectivity index is 0.000000956. The van der Waals surface area contributed by atoms with Gasteiger partial charge in [0, 0.05) is 16.1 Å². The van der Waals surface area contributed by atoms with Crippen LogP contribution in [0.3, 0.4) is 0 Å². The van der Waals surface area contributed by atoms with E-state index in [9.17, 15) is 8.42 Å². The number of hydrogen-bond acceptors (Lipinski definition) is 4. The van der Waals surface area contributed by atoms with Gasteiger partial charge in [0.2, 0.25) is 5.89 Å². The maximum absolute atomic E-state index is 11.5. The first kappa shape index (κ1) is 17.3. The van der Waals surface area contributed by atoms with Crippen LogP contribution in [-0.2, 0) is 14.5 Å². The monoisotopic (exact) mass is 337 g/mol. The molecule has 0 saturated carbocycles. The van der Waals surface area contributed by atoms with E-state index in [-0.39, 0.29) is 20.9 Å². The van der Waals surface area contributed by atoms with Gasteiger partial charge < -0.3 is 4.42 Å². The molecule has 0 spiro atoms.